The minimum Gasteiger partial charge on any atom is -0.450 e. The molecule has 0 bridgehead atoms. The number of morpholine rings is 1. The molecule has 0 aliphatic carbocycles. The summed E-state index contributed by atoms with van der Waals surface area (Å²) >= 11 is 1.56. The third kappa shape index (κ3) is 4.98. The number of carbonyl (C=O) groups is 3. The monoisotopic (exact) mass is 395 g/mol. The first-order valence-electron chi connectivity index (χ1n) is 9.20. The quantitative estimate of drug-likeness (QED) is 0.810. The molecule has 8 nitrogen and oxygen atoms in total. The highest BCUT2D eigenvalue weighted by Crippen LogP contribution is 2.18. The van der Waals surface area contributed by atoms with Gasteiger partial charge >= 0.3 is 6.09 Å². The van der Waals surface area contributed by atoms with Crippen LogP contribution in [0.2, 0.25) is 0 Å². The number of hydrogen-bond donors (Lipinski definition) is 1. The Hall–Kier alpha value is -2.13. The second kappa shape index (κ2) is 9.18. The number of carbonyl (C=O) groups excluding carboxylic acids is 3. The summed E-state index contributed by atoms with van der Waals surface area (Å²) in [5, 5.41) is 4.97. The zero-order valence-corrected chi connectivity index (χ0v) is 16.2. The lowest BCUT2D eigenvalue weighted by molar-refractivity contribution is -0.156. The van der Waals surface area contributed by atoms with Gasteiger partial charge < -0.3 is 24.6 Å². The number of amides is 3. The van der Waals surface area contributed by atoms with Crippen LogP contribution in [0.5, 0.6) is 0 Å². The van der Waals surface area contributed by atoms with E-state index in [0.717, 1.165) is 4.88 Å². The molecule has 1 aromatic rings. The van der Waals surface area contributed by atoms with E-state index >= 15 is 0 Å². The number of piperidine rings is 1. The van der Waals surface area contributed by atoms with Gasteiger partial charge in [0, 0.05) is 24.0 Å². The van der Waals surface area contributed by atoms with Crippen molar-refractivity contribution in [2.75, 3.05) is 32.9 Å². The second-order valence-corrected chi connectivity index (χ2v) is 7.63. The van der Waals surface area contributed by atoms with Crippen LogP contribution >= 0.6 is 11.3 Å². The Morgan fingerprint density at radius 1 is 1.37 bits per heavy atom. The minimum absolute atomic E-state index is 0.00703. The predicted octanol–water partition coefficient (Wildman–Crippen LogP) is 1.21. The van der Waals surface area contributed by atoms with E-state index in [4.69, 9.17) is 9.47 Å². The molecule has 2 aliphatic heterocycles. The van der Waals surface area contributed by atoms with Crippen molar-refractivity contribution in [3.63, 3.8) is 0 Å². The molecule has 3 rings (SSSR count). The number of ether oxygens (including phenoxy) is 2. The molecule has 0 spiro atoms. The van der Waals surface area contributed by atoms with E-state index in [0.29, 0.717) is 39.1 Å². The predicted molar refractivity (Wildman–Crippen MR) is 99.2 cm³/mol. The molecule has 1 aromatic heterocycles. The van der Waals surface area contributed by atoms with Crippen molar-refractivity contribution < 1.29 is 23.9 Å². The van der Waals surface area contributed by atoms with Gasteiger partial charge in [-0.3, -0.25) is 9.59 Å². The maximum absolute atomic E-state index is 12.8. The lowest BCUT2D eigenvalue weighted by Gasteiger charge is -2.36. The van der Waals surface area contributed by atoms with Gasteiger partial charge in [-0.05, 0) is 31.2 Å². The molecule has 0 radical (unpaired) electrons. The number of rotatable bonds is 5. The largest absolute Gasteiger partial charge is 0.450 e. The van der Waals surface area contributed by atoms with Crippen LogP contribution in [0.3, 0.4) is 0 Å². The average Bonchev–Trinajstić information content (AvgIpc) is 3.17. The first-order valence-corrected chi connectivity index (χ1v) is 10.1. The van der Waals surface area contributed by atoms with E-state index in [-0.39, 0.29) is 37.2 Å². The Labute approximate surface area is 162 Å². The molecule has 9 heteroatoms. The summed E-state index contributed by atoms with van der Waals surface area (Å²) in [5.41, 5.74) is 0. The van der Waals surface area contributed by atoms with Gasteiger partial charge in [0.05, 0.1) is 19.8 Å². The van der Waals surface area contributed by atoms with Crippen molar-refractivity contribution in [3.05, 3.63) is 22.4 Å². The molecule has 0 saturated carbocycles. The minimum atomic E-state index is -0.628. The molecule has 0 unspecified atom stereocenters. The molecule has 2 aliphatic rings. The number of nitrogens with zero attached hydrogens (tertiary/aromatic N) is 2. The van der Waals surface area contributed by atoms with E-state index in [1.165, 1.54) is 0 Å². The van der Waals surface area contributed by atoms with Crippen molar-refractivity contribution >= 4 is 29.2 Å². The molecular weight excluding hydrogens is 370 g/mol. The third-order valence-electron chi connectivity index (χ3n) is 4.77. The molecule has 148 valence electrons. The van der Waals surface area contributed by atoms with Gasteiger partial charge in [-0.25, -0.2) is 4.79 Å². The Morgan fingerprint density at radius 3 is 2.81 bits per heavy atom. The van der Waals surface area contributed by atoms with Crippen LogP contribution in [0, 0.1) is 0 Å². The molecule has 27 heavy (non-hydrogen) atoms. The standard InChI is InChI=1S/C18H25N3O5S/c1-2-26-18(24)20-7-5-13(6-8-20)19-17(23)15-11-25-12-16(22)21(15)10-14-4-3-9-27-14/h3-4,9,13,15H,2,5-8,10-12H2,1H3,(H,19,23)/t15-/m0/s1. The van der Waals surface area contributed by atoms with Gasteiger partial charge in [-0.15, -0.1) is 11.3 Å². The summed E-state index contributed by atoms with van der Waals surface area (Å²) in [6.07, 6.45) is 1.02. The number of hydrogen-bond acceptors (Lipinski definition) is 6. The fraction of sp³-hybridized carbons (Fsp3) is 0.611. The topological polar surface area (TPSA) is 88.2 Å². The number of thiophene rings is 1. The molecule has 2 saturated heterocycles. The number of nitrogens with one attached hydrogen (secondary N) is 1. The maximum Gasteiger partial charge on any atom is 0.409 e. The SMILES string of the molecule is CCOC(=O)N1CCC(NC(=O)[C@@H]2COCC(=O)N2Cc2cccs2)CC1. The van der Waals surface area contributed by atoms with E-state index in [1.54, 1.807) is 28.1 Å². The first kappa shape index (κ1) is 19.6. The molecule has 3 amide bonds. The smallest absolute Gasteiger partial charge is 0.409 e. The number of likely N-dealkylation sites (tertiary alicyclic amines) is 1. The van der Waals surface area contributed by atoms with Crippen molar-refractivity contribution in [2.45, 2.75) is 38.4 Å². The highest BCUT2D eigenvalue weighted by Gasteiger charge is 2.35. The maximum atomic E-state index is 12.8. The van der Waals surface area contributed by atoms with Gasteiger partial charge in [0.15, 0.2) is 0 Å². The Kier molecular flexibility index (Phi) is 6.68. The van der Waals surface area contributed by atoms with Gasteiger partial charge in [-0.1, -0.05) is 6.07 Å². The van der Waals surface area contributed by atoms with Gasteiger partial charge in [-0.2, -0.15) is 0 Å². The normalized spacial score (nSPS) is 21.2. The second-order valence-electron chi connectivity index (χ2n) is 6.60. The molecule has 2 fully saturated rings. The van der Waals surface area contributed by atoms with Crippen LogP contribution in [-0.4, -0.2) is 72.7 Å². The lowest BCUT2D eigenvalue weighted by Crippen LogP contribution is -2.58. The summed E-state index contributed by atoms with van der Waals surface area (Å²) < 4.78 is 10.3. The summed E-state index contributed by atoms with van der Waals surface area (Å²) in [5.74, 6) is -0.374. The first-order chi connectivity index (χ1) is 13.1. The summed E-state index contributed by atoms with van der Waals surface area (Å²) in [7, 11) is 0. The fourth-order valence-corrected chi connectivity index (χ4v) is 4.01. The highest BCUT2D eigenvalue weighted by molar-refractivity contribution is 7.09. The third-order valence-corrected chi connectivity index (χ3v) is 5.64. The van der Waals surface area contributed by atoms with Crippen LogP contribution < -0.4 is 5.32 Å². The molecule has 1 N–H and O–H groups in total. The van der Waals surface area contributed by atoms with Crippen molar-refractivity contribution in [1.29, 1.82) is 0 Å². The Balaban J connectivity index is 1.54. The van der Waals surface area contributed by atoms with Crippen LogP contribution in [0.25, 0.3) is 0 Å². The van der Waals surface area contributed by atoms with Crippen LogP contribution in [-0.2, 0) is 25.6 Å². The van der Waals surface area contributed by atoms with E-state index in [9.17, 15) is 14.4 Å². The van der Waals surface area contributed by atoms with Gasteiger partial charge in [0.2, 0.25) is 11.8 Å². The van der Waals surface area contributed by atoms with Gasteiger partial charge in [0.25, 0.3) is 0 Å². The molecule has 3 heterocycles. The molecule has 0 aromatic carbocycles. The van der Waals surface area contributed by atoms with E-state index < -0.39 is 6.04 Å². The fourth-order valence-electron chi connectivity index (χ4n) is 3.31. The average molecular weight is 395 g/mol. The van der Waals surface area contributed by atoms with Crippen molar-refractivity contribution in [2.24, 2.45) is 0 Å². The summed E-state index contributed by atoms with van der Waals surface area (Å²) in [6, 6.07) is 3.23. The Bertz CT molecular complexity index is 658. The van der Waals surface area contributed by atoms with E-state index in [2.05, 4.69) is 5.32 Å². The van der Waals surface area contributed by atoms with Crippen molar-refractivity contribution in [3.8, 4) is 0 Å². The highest BCUT2D eigenvalue weighted by atomic mass is 32.1. The molecular formula is C18H25N3O5S. The summed E-state index contributed by atoms with van der Waals surface area (Å²) in [6.45, 7) is 3.84. The Morgan fingerprint density at radius 2 is 2.15 bits per heavy atom. The lowest BCUT2D eigenvalue weighted by atomic mass is 10.0. The zero-order chi connectivity index (χ0) is 19.2. The van der Waals surface area contributed by atoms with Crippen LogP contribution in [0.15, 0.2) is 17.5 Å². The molecule has 1 atom stereocenters. The summed E-state index contributed by atoms with van der Waals surface area (Å²) in [4.78, 5) is 41.1. The van der Waals surface area contributed by atoms with Crippen LogP contribution in [0.4, 0.5) is 4.79 Å². The van der Waals surface area contributed by atoms with Crippen LogP contribution in [0.1, 0.15) is 24.6 Å². The van der Waals surface area contributed by atoms with E-state index in [1.807, 2.05) is 17.5 Å². The zero-order valence-electron chi connectivity index (χ0n) is 15.4. The van der Waals surface area contributed by atoms with Crippen molar-refractivity contribution in [1.82, 2.24) is 15.1 Å². The van der Waals surface area contributed by atoms with Gasteiger partial charge in [0.1, 0.15) is 12.6 Å².